The summed E-state index contributed by atoms with van der Waals surface area (Å²) in [5.74, 6) is 1.81. The Hall–Kier alpha value is -5.94. The molecule has 8 aromatic rings. The van der Waals surface area contributed by atoms with Crippen molar-refractivity contribution in [2.75, 3.05) is 0 Å². The van der Waals surface area contributed by atoms with Crippen LogP contribution in [0, 0.1) is 6.92 Å². The molecule has 8 rings (SSSR count). The van der Waals surface area contributed by atoms with Crippen molar-refractivity contribution >= 4 is 21.9 Å². The average molecular weight is 567 g/mol. The van der Waals surface area contributed by atoms with E-state index in [0.29, 0.717) is 17.5 Å². The Morgan fingerprint density at radius 3 is 1.80 bits per heavy atom. The van der Waals surface area contributed by atoms with Crippen molar-refractivity contribution < 1.29 is 4.42 Å². The minimum Gasteiger partial charge on any atom is -0.456 e. The van der Waals surface area contributed by atoms with E-state index < -0.39 is 0 Å². The van der Waals surface area contributed by atoms with Gasteiger partial charge >= 0.3 is 0 Å². The molecule has 5 nitrogen and oxygen atoms in total. The van der Waals surface area contributed by atoms with Gasteiger partial charge in [-0.3, -0.25) is 4.98 Å². The maximum absolute atomic E-state index is 6.39. The number of aryl methyl sites for hydroxylation is 1. The Morgan fingerprint density at radius 1 is 0.477 bits per heavy atom. The van der Waals surface area contributed by atoms with E-state index in [-0.39, 0.29) is 0 Å². The normalized spacial score (nSPS) is 11.3. The molecule has 208 valence electrons. The van der Waals surface area contributed by atoms with Gasteiger partial charge in [-0.2, -0.15) is 0 Å². The number of pyridine rings is 1. The fourth-order valence-corrected chi connectivity index (χ4v) is 5.66. The zero-order valence-corrected chi connectivity index (χ0v) is 24.0. The number of hydrogen-bond donors (Lipinski definition) is 0. The number of fused-ring (bicyclic) bond motifs is 3. The molecule has 0 fully saturated rings. The Kier molecular flexibility index (Phi) is 6.27. The van der Waals surface area contributed by atoms with Crippen molar-refractivity contribution in [3.8, 4) is 56.5 Å². The Labute approximate surface area is 254 Å². The highest BCUT2D eigenvalue weighted by atomic mass is 16.3. The topological polar surface area (TPSA) is 64.7 Å². The van der Waals surface area contributed by atoms with E-state index in [4.69, 9.17) is 19.4 Å². The van der Waals surface area contributed by atoms with Gasteiger partial charge in [0, 0.05) is 39.2 Å². The molecule has 0 radical (unpaired) electrons. The third-order valence-electron chi connectivity index (χ3n) is 7.86. The third-order valence-corrected chi connectivity index (χ3v) is 7.86. The highest BCUT2D eigenvalue weighted by Crippen LogP contribution is 2.38. The minimum atomic E-state index is 0.587. The molecule has 0 N–H and O–H groups in total. The second-order valence-electron chi connectivity index (χ2n) is 10.8. The molecule has 44 heavy (non-hydrogen) atoms. The molecule has 3 heterocycles. The van der Waals surface area contributed by atoms with E-state index in [0.717, 1.165) is 61.0 Å². The van der Waals surface area contributed by atoms with Gasteiger partial charge < -0.3 is 4.42 Å². The van der Waals surface area contributed by atoms with Crippen molar-refractivity contribution in [1.82, 2.24) is 19.9 Å². The van der Waals surface area contributed by atoms with Gasteiger partial charge in [-0.25, -0.2) is 15.0 Å². The second-order valence-corrected chi connectivity index (χ2v) is 10.8. The Morgan fingerprint density at radius 2 is 1.09 bits per heavy atom. The lowest BCUT2D eigenvalue weighted by molar-refractivity contribution is 0.669. The first kappa shape index (κ1) is 25.7. The summed E-state index contributed by atoms with van der Waals surface area (Å²) in [6.45, 7) is 2.07. The lowest BCUT2D eigenvalue weighted by Crippen LogP contribution is -2.00. The zero-order valence-electron chi connectivity index (χ0n) is 24.0. The van der Waals surface area contributed by atoms with Crippen LogP contribution < -0.4 is 0 Å². The van der Waals surface area contributed by atoms with Crippen LogP contribution in [-0.2, 0) is 0 Å². The maximum Gasteiger partial charge on any atom is 0.164 e. The summed E-state index contributed by atoms with van der Waals surface area (Å²) in [4.78, 5) is 19.3. The Bertz CT molecular complexity index is 2270. The highest BCUT2D eigenvalue weighted by molar-refractivity contribution is 6.12. The molecule has 0 aliphatic carbocycles. The van der Waals surface area contributed by atoms with Crippen LogP contribution in [0.4, 0.5) is 0 Å². The molecule has 0 atom stereocenters. The number of rotatable bonds is 5. The molecule has 5 heteroatoms. The predicted octanol–water partition coefficient (Wildman–Crippen LogP) is 9.81. The molecule has 5 aromatic carbocycles. The molecule has 0 saturated heterocycles. The van der Waals surface area contributed by atoms with Gasteiger partial charge in [-0.1, -0.05) is 103 Å². The van der Waals surface area contributed by atoms with Crippen LogP contribution in [0.25, 0.3) is 78.5 Å². The molecular formula is C39H26N4O. The summed E-state index contributed by atoms with van der Waals surface area (Å²) in [7, 11) is 0. The van der Waals surface area contributed by atoms with Gasteiger partial charge in [0.2, 0.25) is 0 Å². The van der Waals surface area contributed by atoms with E-state index in [1.165, 1.54) is 5.56 Å². The van der Waals surface area contributed by atoms with Crippen LogP contribution in [0.1, 0.15) is 5.56 Å². The van der Waals surface area contributed by atoms with Gasteiger partial charge in [0.05, 0.1) is 5.69 Å². The van der Waals surface area contributed by atoms with Crippen molar-refractivity contribution in [3.05, 3.63) is 145 Å². The van der Waals surface area contributed by atoms with E-state index in [1.54, 1.807) is 0 Å². The fraction of sp³-hybridized carbons (Fsp3) is 0.0256. The van der Waals surface area contributed by atoms with Crippen LogP contribution in [0.15, 0.2) is 144 Å². The van der Waals surface area contributed by atoms with Gasteiger partial charge in [0.1, 0.15) is 11.2 Å². The van der Waals surface area contributed by atoms with E-state index in [9.17, 15) is 0 Å². The molecule has 0 saturated carbocycles. The standard InChI is InChI=1S/C39H26N4O/c1-25-21-22-40-33(23-25)27-15-17-29(18-16-27)38-41-37(28-11-6-3-7-12-28)42-39(43-38)30-19-20-32-35(24-30)44-34-14-8-13-31(36(32)34)26-9-4-2-5-10-26/h2-24H,1H3. The van der Waals surface area contributed by atoms with Crippen LogP contribution in [-0.4, -0.2) is 19.9 Å². The number of benzene rings is 5. The van der Waals surface area contributed by atoms with Gasteiger partial charge in [-0.05, 0) is 53.9 Å². The number of nitrogens with zero attached hydrogens (tertiary/aromatic N) is 4. The van der Waals surface area contributed by atoms with Gasteiger partial charge in [-0.15, -0.1) is 0 Å². The first-order chi connectivity index (χ1) is 21.7. The maximum atomic E-state index is 6.39. The SMILES string of the molecule is Cc1ccnc(-c2ccc(-c3nc(-c4ccccc4)nc(-c4ccc5c(c4)oc4cccc(-c6ccccc6)c45)n3)cc2)c1. The Balaban J connectivity index is 1.25. The van der Waals surface area contributed by atoms with Crippen molar-refractivity contribution in [2.45, 2.75) is 6.92 Å². The summed E-state index contributed by atoms with van der Waals surface area (Å²) in [5, 5.41) is 2.16. The van der Waals surface area contributed by atoms with Crippen molar-refractivity contribution in [1.29, 1.82) is 0 Å². The average Bonchev–Trinajstić information content (AvgIpc) is 3.47. The molecule has 0 amide bonds. The molecule has 0 unspecified atom stereocenters. The molecule has 0 bridgehead atoms. The monoisotopic (exact) mass is 566 g/mol. The summed E-state index contributed by atoms with van der Waals surface area (Å²) in [6.07, 6.45) is 1.84. The van der Waals surface area contributed by atoms with Crippen LogP contribution in [0.2, 0.25) is 0 Å². The summed E-state index contributed by atoms with van der Waals surface area (Å²) >= 11 is 0. The summed E-state index contributed by atoms with van der Waals surface area (Å²) in [5.41, 5.74) is 9.78. The van der Waals surface area contributed by atoms with E-state index in [1.807, 2.05) is 79.0 Å². The van der Waals surface area contributed by atoms with Crippen molar-refractivity contribution in [2.24, 2.45) is 0 Å². The van der Waals surface area contributed by atoms with Gasteiger partial charge in [0.25, 0.3) is 0 Å². The van der Waals surface area contributed by atoms with Crippen LogP contribution >= 0.6 is 0 Å². The van der Waals surface area contributed by atoms with Gasteiger partial charge in [0.15, 0.2) is 17.5 Å². The van der Waals surface area contributed by atoms with E-state index >= 15 is 0 Å². The summed E-state index contributed by atoms with van der Waals surface area (Å²) < 4.78 is 6.39. The number of hydrogen-bond acceptors (Lipinski definition) is 5. The number of furan rings is 1. The minimum absolute atomic E-state index is 0.587. The first-order valence-electron chi connectivity index (χ1n) is 14.6. The first-order valence-corrected chi connectivity index (χ1v) is 14.6. The predicted molar refractivity (Wildman–Crippen MR) is 177 cm³/mol. The second kappa shape index (κ2) is 10.7. The lowest BCUT2D eigenvalue weighted by Gasteiger charge is -2.09. The molecular weight excluding hydrogens is 540 g/mol. The molecule has 3 aromatic heterocycles. The quantitative estimate of drug-likeness (QED) is 0.207. The largest absolute Gasteiger partial charge is 0.456 e. The van der Waals surface area contributed by atoms with Crippen LogP contribution in [0.3, 0.4) is 0 Å². The number of aromatic nitrogens is 4. The molecule has 0 aliphatic rings. The van der Waals surface area contributed by atoms with Crippen molar-refractivity contribution in [3.63, 3.8) is 0 Å². The summed E-state index contributed by atoms with van der Waals surface area (Å²) in [6, 6.07) is 45.1. The van der Waals surface area contributed by atoms with Crippen LogP contribution in [0.5, 0.6) is 0 Å². The fourth-order valence-electron chi connectivity index (χ4n) is 5.66. The lowest BCUT2D eigenvalue weighted by atomic mass is 9.99. The molecule has 0 aliphatic heterocycles. The molecule has 0 spiro atoms. The highest BCUT2D eigenvalue weighted by Gasteiger charge is 2.16. The third kappa shape index (κ3) is 4.71. The smallest absolute Gasteiger partial charge is 0.164 e. The zero-order chi connectivity index (χ0) is 29.5. The van der Waals surface area contributed by atoms with E-state index in [2.05, 4.69) is 72.6 Å².